The van der Waals surface area contributed by atoms with Crippen molar-refractivity contribution in [3.05, 3.63) is 0 Å². The highest BCUT2D eigenvalue weighted by Gasteiger charge is 2.20. The molecule has 0 aromatic rings. The van der Waals surface area contributed by atoms with Crippen molar-refractivity contribution < 1.29 is 9.53 Å². The third-order valence-electron chi connectivity index (χ3n) is 1.09. The Balaban J connectivity index is 3.86. The van der Waals surface area contributed by atoms with Gasteiger partial charge in [0.2, 0.25) is 0 Å². The molecule has 0 bridgehead atoms. The Morgan fingerprint density at radius 3 is 2.55 bits per heavy atom. The van der Waals surface area contributed by atoms with E-state index in [9.17, 15) is 4.79 Å². The van der Waals surface area contributed by atoms with Gasteiger partial charge in [-0.25, -0.2) is 0 Å². The minimum Gasteiger partial charge on any atom is -0.444 e. The van der Waals surface area contributed by atoms with Crippen LogP contribution in [0.3, 0.4) is 0 Å². The van der Waals surface area contributed by atoms with Crippen molar-refractivity contribution >= 4 is 5.97 Å². The third kappa shape index (κ3) is 4.38. The van der Waals surface area contributed by atoms with Crippen LogP contribution in [0.15, 0.2) is 0 Å². The minimum atomic E-state index is -0.980. The fraction of sp³-hybridized carbons (Fsp3) is 0.750. The zero-order valence-electron chi connectivity index (χ0n) is 7.18. The SMILES string of the molecule is CCCC(=O)OC(C)(C)C#N. The standard InChI is InChI=1S/C8H13NO2/c1-4-5-7(10)11-8(2,3)6-9/h4-5H2,1-3H3. The van der Waals surface area contributed by atoms with Crippen LogP contribution >= 0.6 is 0 Å². The summed E-state index contributed by atoms with van der Waals surface area (Å²) >= 11 is 0. The molecule has 0 fully saturated rings. The maximum absolute atomic E-state index is 10.8. The van der Waals surface area contributed by atoms with Gasteiger partial charge in [-0.3, -0.25) is 4.79 Å². The van der Waals surface area contributed by atoms with E-state index in [1.165, 1.54) is 0 Å². The van der Waals surface area contributed by atoms with Gasteiger partial charge in [-0.2, -0.15) is 5.26 Å². The van der Waals surface area contributed by atoms with Crippen molar-refractivity contribution in [3.63, 3.8) is 0 Å². The molecule has 0 rings (SSSR count). The number of esters is 1. The molecule has 0 amide bonds. The van der Waals surface area contributed by atoms with Crippen LogP contribution in [0.2, 0.25) is 0 Å². The summed E-state index contributed by atoms with van der Waals surface area (Å²) < 4.78 is 4.83. The van der Waals surface area contributed by atoms with Gasteiger partial charge in [0, 0.05) is 6.42 Å². The second-order valence-electron chi connectivity index (χ2n) is 2.85. The summed E-state index contributed by atoms with van der Waals surface area (Å²) in [6.45, 7) is 5.03. The molecule has 0 aliphatic carbocycles. The van der Waals surface area contributed by atoms with Gasteiger partial charge >= 0.3 is 5.97 Å². The first-order valence-corrected chi connectivity index (χ1v) is 3.65. The van der Waals surface area contributed by atoms with Gasteiger partial charge in [0.1, 0.15) is 6.07 Å². The van der Waals surface area contributed by atoms with Crippen molar-refractivity contribution in [1.82, 2.24) is 0 Å². The maximum atomic E-state index is 10.8. The maximum Gasteiger partial charge on any atom is 0.307 e. The molecular formula is C8H13NO2. The molecule has 0 saturated carbocycles. The van der Waals surface area contributed by atoms with E-state index in [0.717, 1.165) is 6.42 Å². The van der Waals surface area contributed by atoms with E-state index in [1.807, 2.05) is 13.0 Å². The molecule has 62 valence electrons. The molecule has 0 heterocycles. The average Bonchev–Trinajstić information content (AvgIpc) is 1.87. The fourth-order valence-electron chi connectivity index (χ4n) is 0.563. The normalized spacial score (nSPS) is 10.4. The fourth-order valence-corrected chi connectivity index (χ4v) is 0.563. The minimum absolute atomic E-state index is 0.306. The largest absolute Gasteiger partial charge is 0.444 e. The van der Waals surface area contributed by atoms with Crippen LogP contribution < -0.4 is 0 Å². The molecule has 11 heavy (non-hydrogen) atoms. The van der Waals surface area contributed by atoms with Crippen LogP contribution in [-0.2, 0) is 9.53 Å². The molecule has 0 N–H and O–H groups in total. The zero-order chi connectivity index (χ0) is 8.91. The lowest BCUT2D eigenvalue weighted by Gasteiger charge is -2.15. The number of carbonyl (C=O) groups is 1. The number of ether oxygens (including phenoxy) is 1. The Hall–Kier alpha value is -1.04. The molecule has 0 atom stereocenters. The van der Waals surface area contributed by atoms with Crippen molar-refractivity contribution in [2.24, 2.45) is 0 Å². The Kier molecular flexibility index (Phi) is 3.59. The predicted molar refractivity (Wildman–Crippen MR) is 40.7 cm³/mol. The highest BCUT2D eigenvalue weighted by atomic mass is 16.6. The number of hydrogen-bond donors (Lipinski definition) is 0. The van der Waals surface area contributed by atoms with E-state index in [2.05, 4.69) is 0 Å². The lowest BCUT2D eigenvalue weighted by atomic mass is 10.2. The first-order chi connectivity index (χ1) is 5.02. The second kappa shape index (κ2) is 3.97. The Labute approximate surface area is 67.0 Å². The van der Waals surface area contributed by atoms with E-state index < -0.39 is 5.60 Å². The first-order valence-electron chi connectivity index (χ1n) is 3.65. The van der Waals surface area contributed by atoms with Gasteiger partial charge in [0.05, 0.1) is 0 Å². The quantitative estimate of drug-likeness (QED) is 0.582. The summed E-state index contributed by atoms with van der Waals surface area (Å²) in [5, 5.41) is 8.48. The van der Waals surface area contributed by atoms with Crippen LogP contribution in [0.4, 0.5) is 0 Å². The van der Waals surface area contributed by atoms with Crippen LogP contribution in [0.5, 0.6) is 0 Å². The number of nitrogens with zero attached hydrogens (tertiary/aromatic N) is 1. The molecule has 0 saturated heterocycles. The van der Waals surface area contributed by atoms with Crippen molar-refractivity contribution in [2.45, 2.75) is 39.2 Å². The summed E-state index contributed by atoms with van der Waals surface area (Å²) in [5.41, 5.74) is -0.980. The van der Waals surface area contributed by atoms with Gasteiger partial charge in [0.15, 0.2) is 5.60 Å². The first kappa shape index (κ1) is 9.96. The average molecular weight is 155 g/mol. The van der Waals surface area contributed by atoms with E-state index >= 15 is 0 Å². The van der Waals surface area contributed by atoms with E-state index in [-0.39, 0.29) is 5.97 Å². The van der Waals surface area contributed by atoms with Crippen LogP contribution in [0.25, 0.3) is 0 Å². The van der Waals surface area contributed by atoms with Crippen LogP contribution in [0.1, 0.15) is 33.6 Å². The Morgan fingerprint density at radius 2 is 2.18 bits per heavy atom. The summed E-state index contributed by atoms with van der Waals surface area (Å²) in [5.74, 6) is -0.306. The Morgan fingerprint density at radius 1 is 1.64 bits per heavy atom. The van der Waals surface area contributed by atoms with Gasteiger partial charge < -0.3 is 4.74 Å². The third-order valence-corrected chi connectivity index (χ3v) is 1.09. The number of hydrogen-bond acceptors (Lipinski definition) is 3. The topological polar surface area (TPSA) is 50.1 Å². The zero-order valence-corrected chi connectivity index (χ0v) is 7.18. The second-order valence-corrected chi connectivity index (χ2v) is 2.85. The number of carbonyl (C=O) groups excluding carboxylic acids is 1. The summed E-state index contributed by atoms with van der Waals surface area (Å²) in [6, 6.07) is 1.89. The van der Waals surface area contributed by atoms with Crippen LogP contribution in [-0.4, -0.2) is 11.6 Å². The lowest BCUT2D eigenvalue weighted by molar-refractivity contribution is -0.151. The summed E-state index contributed by atoms with van der Waals surface area (Å²) in [4.78, 5) is 10.8. The molecule has 0 aliphatic rings. The highest BCUT2D eigenvalue weighted by Crippen LogP contribution is 2.08. The number of rotatable bonds is 3. The van der Waals surface area contributed by atoms with Gasteiger partial charge in [0.25, 0.3) is 0 Å². The smallest absolute Gasteiger partial charge is 0.307 e. The molecule has 3 nitrogen and oxygen atoms in total. The van der Waals surface area contributed by atoms with Crippen molar-refractivity contribution in [2.75, 3.05) is 0 Å². The van der Waals surface area contributed by atoms with Gasteiger partial charge in [-0.05, 0) is 20.3 Å². The van der Waals surface area contributed by atoms with Gasteiger partial charge in [-0.15, -0.1) is 0 Å². The number of nitriles is 1. The van der Waals surface area contributed by atoms with Gasteiger partial charge in [-0.1, -0.05) is 6.92 Å². The van der Waals surface area contributed by atoms with Crippen molar-refractivity contribution in [1.29, 1.82) is 5.26 Å². The van der Waals surface area contributed by atoms with E-state index in [4.69, 9.17) is 10.00 Å². The molecule has 0 aromatic heterocycles. The Bertz CT molecular complexity index is 179. The summed E-state index contributed by atoms with van der Waals surface area (Å²) in [6.07, 6.45) is 1.13. The molecule has 0 spiro atoms. The monoisotopic (exact) mass is 155 g/mol. The summed E-state index contributed by atoms with van der Waals surface area (Å²) in [7, 11) is 0. The molecule has 3 heteroatoms. The van der Waals surface area contributed by atoms with E-state index in [0.29, 0.717) is 6.42 Å². The van der Waals surface area contributed by atoms with E-state index in [1.54, 1.807) is 13.8 Å². The molecule has 0 radical (unpaired) electrons. The molecular weight excluding hydrogens is 142 g/mol. The highest BCUT2D eigenvalue weighted by molar-refractivity contribution is 5.70. The molecule has 0 aliphatic heterocycles. The lowest BCUT2D eigenvalue weighted by Crippen LogP contribution is -2.25. The molecule has 0 aromatic carbocycles. The van der Waals surface area contributed by atoms with Crippen LogP contribution in [0, 0.1) is 11.3 Å². The molecule has 0 unspecified atom stereocenters. The predicted octanol–water partition coefficient (Wildman–Crippen LogP) is 1.63. The van der Waals surface area contributed by atoms with Crippen molar-refractivity contribution in [3.8, 4) is 6.07 Å².